The second-order valence-corrected chi connectivity index (χ2v) is 7.55. The molecular weight excluding hydrogens is 280 g/mol. The van der Waals surface area contributed by atoms with Gasteiger partial charge in [-0.15, -0.1) is 0 Å². The lowest BCUT2D eigenvalue weighted by Gasteiger charge is -2.51. The molecule has 2 rings (SSSR count). The summed E-state index contributed by atoms with van der Waals surface area (Å²) >= 11 is 0. The molecule has 22 heavy (non-hydrogen) atoms. The molecule has 0 aromatic heterocycles. The Morgan fingerprint density at radius 2 is 2.00 bits per heavy atom. The van der Waals surface area contributed by atoms with Crippen LogP contribution in [0.4, 0.5) is 10.5 Å². The zero-order valence-corrected chi connectivity index (χ0v) is 14.2. The van der Waals surface area contributed by atoms with Crippen molar-refractivity contribution in [3.8, 4) is 5.75 Å². The minimum Gasteiger partial charge on any atom is -0.495 e. The smallest absolute Gasteiger partial charge is 0.408 e. The summed E-state index contributed by atoms with van der Waals surface area (Å²) in [6.07, 6.45) is -0.241. The molecule has 0 saturated heterocycles. The molecule has 1 amide bonds. The van der Waals surface area contributed by atoms with Crippen LogP contribution in [0.3, 0.4) is 0 Å². The van der Waals surface area contributed by atoms with E-state index in [1.54, 1.807) is 12.0 Å². The molecule has 5 heteroatoms. The standard InChI is InChI=1S/C17H26N2O3/c1-16(2,3)14-8-10-7-12(18)13(22-6)9-11(10)17(4,5)19(14)15(20)21/h7,9,14H,8,18H2,1-6H3,(H,20,21). The van der Waals surface area contributed by atoms with Crippen molar-refractivity contribution < 1.29 is 14.6 Å². The number of hydrogen-bond acceptors (Lipinski definition) is 3. The highest BCUT2D eigenvalue weighted by Gasteiger charge is 2.47. The van der Waals surface area contributed by atoms with Gasteiger partial charge in [-0.2, -0.15) is 0 Å². The van der Waals surface area contributed by atoms with Crippen LogP contribution in [-0.4, -0.2) is 29.3 Å². The summed E-state index contributed by atoms with van der Waals surface area (Å²) in [5.74, 6) is 0.589. The first-order valence-corrected chi connectivity index (χ1v) is 7.49. The molecule has 0 fully saturated rings. The van der Waals surface area contributed by atoms with Gasteiger partial charge in [0.1, 0.15) is 5.75 Å². The van der Waals surface area contributed by atoms with Crippen molar-refractivity contribution in [2.45, 2.75) is 52.6 Å². The van der Waals surface area contributed by atoms with Gasteiger partial charge >= 0.3 is 6.09 Å². The second-order valence-electron chi connectivity index (χ2n) is 7.55. The van der Waals surface area contributed by atoms with Crippen LogP contribution < -0.4 is 10.5 Å². The van der Waals surface area contributed by atoms with Gasteiger partial charge in [0.25, 0.3) is 0 Å². The minimum atomic E-state index is -0.897. The summed E-state index contributed by atoms with van der Waals surface area (Å²) in [5.41, 5.74) is 7.88. The molecule has 0 radical (unpaired) electrons. The number of carbonyl (C=O) groups is 1. The summed E-state index contributed by atoms with van der Waals surface area (Å²) in [5, 5.41) is 9.78. The van der Waals surface area contributed by atoms with Gasteiger partial charge in [-0.1, -0.05) is 20.8 Å². The molecule has 1 aromatic carbocycles. The molecule has 122 valence electrons. The van der Waals surface area contributed by atoms with Gasteiger partial charge in [-0.3, -0.25) is 4.90 Å². The monoisotopic (exact) mass is 306 g/mol. The Morgan fingerprint density at radius 1 is 1.41 bits per heavy atom. The summed E-state index contributed by atoms with van der Waals surface area (Å²) in [4.78, 5) is 13.5. The first-order chi connectivity index (χ1) is 10.00. The number of ether oxygens (including phenoxy) is 1. The zero-order valence-electron chi connectivity index (χ0n) is 14.2. The van der Waals surface area contributed by atoms with E-state index in [0.29, 0.717) is 17.9 Å². The maximum absolute atomic E-state index is 11.9. The molecule has 1 unspecified atom stereocenters. The van der Waals surface area contributed by atoms with Crippen LogP contribution >= 0.6 is 0 Å². The van der Waals surface area contributed by atoms with Crippen molar-refractivity contribution in [1.29, 1.82) is 0 Å². The van der Waals surface area contributed by atoms with Crippen molar-refractivity contribution in [1.82, 2.24) is 4.90 Å². The van der Waals surface area contributed by atoms with Crippen LogP contribution in [0, 0.1) is 5.41 Å². The minimum absolute atomic E-state index is 0.111. The van der Waals surface area contributed by atoms with Crippen molar-refractivity contribution in [2.24, 2.45) is 5.41 Å². The van der Waals surface area contributed by atoms with E-state index < -0.39 is 11.6 Å². The molecule has 1 aliphatic rings. The fourth-order valence-corrected chi connectivity index (χ4v) is 3.44. The molecule has 5 nitrogen and oxygen atoms in total. The Morgan fingerprint density at radius 3 is 2.45 bits per heavy atom. The highest BCUT2D eigenvalue weighted by Crippen LogP contribution is 2.45. The van der Waals surface area contributed by atoms with Crippen molar-refractivity contribution in [3.63, 3.8) is 0 Å². The molecular formula is C17H26N2O3. The lowest BCUT2D eigenvalue weighted by atomic mass is 9.72. The van der Waals surface area contributed by atoms with E-state index in [-0.39, 0.29) is 11.5 Å². The first-order valence-electron chi connectivity index (χ1n) is 7.49. The summed E-state index contributed by atoms with van der Waals surface area (Å²) in [6, 6.07) is 3.69. The zero-order chi connectivity index (χ0) is 16.9. The molecule has 1 heterocycles. The number of methoxy groups -OCH3 is 1. The van der Waals surface area contributed by atoms with Crippen LogP contribution in [0.15, 0.2) is 12.1 Å². The lowest BCUT2D eigenvalue weighted by molar-refractivity contribution is 0.00914. The molecule has 1 aliphatic heterocycles. The molecule has 0 aliphatic carbocycles. The predicted octanol–water partition coefficient (Wildman–Crippen LogP) is 3.46. The number of hydrogen-bond donors (Lipinski definition) is 2. The highest BCUT2D eigenvalue weighted by molar-refractivity contribution is 5.69. The quantitative estimate of drug-likeness (QED) is 0.779. The third-order valence-corrected chi connectivity index (χ3v) is 4.65. The van der Waals surface area contributed by atoms with Crippen LogP contribution in [0.5, 0.6) is 5.75 Å². The Balaban J connectivity index is 2.67. The van der Waals surface area contributed by atoms with Crippen LogP contribution in [0.2, 0.25) is 0 Å². The largest absolute Gasteiger partial charge is 0.495 e. The Kier molecular flexibility index (Phi) is 3.80. The number of rotatable bonds is 1. The molecule has 0 spiro atoms. The van der Waals surface area contributed by atoms with Crippen LogP contribution in [0.25, 0.3) is 0 Å². The number of benzene rings is 1. The molecule has 0 saturated carbocycles. The first kappa shape index (κ1) is 16.5. The molecule has 1 atom stereocenters. The third kappa shape index (κ3) is 2.49. The summed E-state index contributed by atoms with van der Waals surface area (Å²) < 4.78 is 5.30. The van der Waals surface area contributed by atoms with E-state index in [2.05, 4.69) is 20.8 Å². The number of nitrogens with zero attached hydrogens (tertiary/aromatic N) is 1. The molecule has 3 N–H and O–H groups in total. The van der Waals surface area contributed by atoms with E-state index in [1.807, 2.05) is 26.0 Å². The van der Waals surface area contributed by atoms with Crippen LogP contribution in [0.1, 0.15) is 45.7 Å². The van der Waals surface area contributed by atoms with Gasteiger partial charge in [0.15, 0.2) is 0 Å². The Hall–Kier alpha value is -1.91. The normalized spacial score (nSPS) is 20.5. The van der Waals surface area contributed by atoms with Gasteiger partial charge in [0.2, 0.25) is 0 Å². The Labute approximate surface area is 132 Å². The maximum atomic E-state index is 11.9. The van der Waals surface area contributed by atoms with E-state index in [9.17, 15) is 9.90 Å². The van der Waals surface area contributed by atoms with Crippen molar-refractivity contribution >= 4 is 11.8 Å². The van der Waals surface area contributed by atoms with Gasteiger partial charge in [-0.25, -0.2) is 4.79 Å². The van der Waals surface area contributed by atoms with Gasteiger partial charge < -0.3 is 15.6 Å². The predicted molar refractivity (Wildman–Crippen MR) is 87.2 cm³/mol. The number of anilines is 1. The fraction of sp³-hybridized carbons (Fsp3) is 0.588. The average molecular weight is 306 g/mol. The number of nitrogens with two attached hydrogens (primary N) is 1. The van der Waals surface area contributed by atoms with Crippen molar-refractivity contribution in [3.05, 3.63) is 23.3 Å². The van der Waals surface area contributed by atoms with Gasteiger partial charge in [-0.05, 0) is 48.9 Å². The van der Waals surface area contributed by atoms with E-state index in [1.165, 1.54) is 0 Å². The topological polar surface area (TPSA) is 75.8 Å². The number of nitrogen functional groups attached to an aromatic ring is 1. The maximum Gasteiger partial charge on any atom is 0.408 e. The summed E-state index contributed by atoms with van der Waals surface area (Å²) in [6.45, 7) is 10.1. The number of fused-ring (bicyclic) bond motifs is 1. The second kappa shape index (κ2) is 5.07. The fourth-order valence-electron chi connectivity index (χ4n) is 3.44. The lowest BCUT2D eigenvalue weighted by Crippen LogP contribution is -2.59. The van der Waals surface area contributed by atoms with E-state index >= 15 is 0 Å². The molecule has 0 bridgehead atoms. The molecule has 1 aromatic rings. The number of carboxylic acid groups (broad SMARTS) is 1. The third-order valence-electron chi connectivity index (χ3n) is 4.65. The van der Waals surface area contributed by atoms with Gasteiger partial charge in [0.05, 0.1) is 18.3 Å². The average Bonchev–Trinajstić information content (AvgIpc) is 2.35. The van der Waals surface area contributed by atoms with Crippen LogP contribution in [-0.2, 0) is 12.0 Å². The van der Waals surface area contributed by atoms with E-state index in [4.69, 9.17) is 10.5 Å². The van der Waals surface area contributed by atoms with E-state index in [0.717, 1.165) is 11.1 Å². The number of amides is 1. The summed E-state index contributed by atoms with van der Waals surface area (Å²) in [7, 11) is 1.57. The van der Waals surface area contributed by atoms with Gasteiger partial charge in [0, 0.05) is 6.04 Å². The SMILES string of the molecule is COc1cc2c(cc1N)CC(C(C)(C)C)N(C(=O)O)C2(C)C. The highest BCUT2D eigenvalue weighted by atomic mass is 16.5. The Bertz CT molecular complexity index is 603. The van der Waals surface area contributed by atoms with Crippen molar-refractivity contribution in [2.75, 3.05) is 12.8 Å².